The van der Waals surface area contributed by atoms with E-state index in [1.54, 1.807) is 13.0 Å². The van der Waals surface area contributed by atoms with Crippen molar-refractivity contribution < 1.29 is 4.79 Å². The lowest BCUT2D eigenvalue weighted by atomic mass is 10.0. The Hall–Kier alpha value is -2.83. The second kappa shape index (κ2) is 8.03. The van der Waals surface area contributed by atoms with E-state index in [1.165, 1.54) is 9.47 Å². The van der Waals surface area contributed by atoms with Gasteiger partial charge >= 0.3 is 5.69 Å². The Kier molecular flexibility index (Phi) is 6.02. The van der Waals surface area contributed by atoms with Gasteiger partial charge in [-0.1, -0.05) is 31.0 Å². The zero-order chi connectivity index (χ0) is 19.4. The second-order valence-corrected chi connectivity index (χ2v) is 6.37. The summed E-state index contributed by atoms with van der Waals surface area (Å²) in [4.78, 5) is 41.2. The first-order valence-corrected chi connectivity index (χ1v) is 8.83. The van der Waals surface area contributed by atoms with Gasteiger partial charge < -0.3 is 10.6 Å². The number of nitrogens with one attached hydrogen (secondary N) is 1. The summed E-state index contributed by atoms with van der Waals surface area (Å²) in [6.45, 7) is 8.21. The molecule has 1 heterocycles. The number of aromatic amines is 1. The summed E-state index contributed by atoms with van der Waals surface area (Å²) in [6.07, 6.45) is 1.62. The molecule has 0 saturated heterocycles. The van der Waals surface area contributed by atoms with Crippen LogP contribution in [0.1, 0.15) is 48.2 Å². The Labute approximate surface area is 152 Å². The van der Waals surface area contributed by atoms with Gasteiger partial charge in [0.05, 0.1) is 0 Å². The number of carbonyl (C=O) groups excluding carboxylic acids is 1. The molecule has 0 atom stereocenters. The highest BCUT2D eigenvalue weighted by molar-refractivity contribution is 6.08. The quantitative estimate of drug-likeness (QED) is 0.826. The Morgan fingerprint density at radius 3 is 2.50 bits per heavy atom. The van der Waals surface area contributed by atoms with Gasteiger partial charge in [-0.2, -0.15) is 0 Å². The molecule has 26 heavy (non-hydrogen) atoms. The fourth-order valence-electron chi connectivity index (χ4n) is 2.98. The number of benzene rings is 1. The van der Waals surface area contributed by atoms with E-state index in [9.17, 15) is 14.4 Å². The Balaban J connectivity index is 2.58. The first kappa shape index (κ1) is 19.5. The van der Waals surface area contributed by atoms with E-state index >= 15 is 0 Å². The molecule has 0 aliphatic heterocycles. The third-order valence-electron chi connectivity index (χ3n) is 4.39. The molecule has 0 unspecified atom stereocenters. The summed E-state index contributed by atoms with van der Waals surface area (Å²) >= 11 is 0. The molecule has 1 aromatic heterocycles. The minimum Gasteiger partial charge on any atom is -0.383 e. The zero-order valence-corrected chi connectivity index (χ0v) is 15.8. The summed E-state index contributed by atoms with van der Waals surface area (Å²) in [5.74, 6) is -0.296. The van der Waals surface area contributed by atoms with Crippen molar-refractivity contribution >= 4 is 17.4 Å². The number of hydrogen-bond acceptors (Lipinski definition) is 4. The molecule has 0 spiro atoms. The third kappa shape index (κ3) is 3.71. The number of nitrogen functional groups attached to an aromatic ring is 1. The topological polar surface area (TPSA) is 101 Å². The number of carbonyl (C=O) groups is 1. The fraction of sp³-hybridized carbons (Fsp3) is 0.421. The number of hydrogen-bond donors (Lipinski definition) is 2. The van der Waals surface area contributed by atoms with Crippen LogP contribution < -0.4 is 21.9 Å². The summed E-state index contributed by atoms with van der Waals surface area (Å²) in [5.41, 5.74) is 7.32. The molecular formula is C19H26N4O3. The molecule has 2 aromatic rings. The predicted molar refractivity (Wildman–Crippen MR) is 104 cm³/mol. The Morgan fingerprint density at radius 2 is 1.92 bits per heavy atom. The maximum absolute atomic E-state index is 13.1. The molecule has 3 N–H and O–H groups in total. The molecule has 7 heteroatoms. The molecule has 2 rings (SSSR count). The first-order valence-electron chi connectivity index (χ1n) is 8.83. The number of rotatable bonds is 6. The standard InChI is InChI=1S/C19H26N4O3/c1-5-7-10-23-16(20)15(17(24)21-19(23)26)22(6-2)18(25)14-9-8-12(3)11-13(14)4/h8-9,11H,5-7,10,20H2,1-4H3,(H,21,24,26). The van der Waals surface area contributed by atoms with Crippen LogP contribution in [0.4, 0.5) is 11.5 Å². The van der Waals surface area contributed by atoms with Gasteiger partial charge in [-0.05, 0) is 38.8 Å². The van der Waals surface area contributed by atoms with E-state index < -0.39 is 11.2 Å². The Bertz CT molecular complexity index is 927. The van der Waals surface area contributed by atoms with E-state index in [0.717, 1.165) is 24.0 Å². The number of aryl methyl sites for hydroxylation is 2. The van der Waals surface area contributed by atoms with E-state index in [0.29, 0.717) is 12.1 Å². The van der Waals surface area contributed by atoms with Crippen molar-refractivity contribution in [3.8, 4) is 0 Å². The van der Waals surface area contributed by atoms with Crippen molar-refractivity contribution in [3.05, 3.63) is 55.7 Å². The number of aromatic nitrogens is 2. The molecule has 0 radical (unpaired) electrons. The summed E-state index contributed by atoms with van der Waals surface area (Å²) in [5, 5.41) is 0. The van der Waals surface area contributed by atoms with Gasteiger partial charge in [0.25, 0.3) is 11.5 Å². The van der Waals surface area contributed by atoms with Gasteiger partial charge in [0.2, 0.25) is 0 Å². The average molecular weight is 358 g/mol. The monoisotopic (exact) mass is 358 g/mol. The van der Waals surface area contributed by atoms with Crippen LogP contribution in [0.5, 0.6) is 0 Å². The number of nitrogens with two attached hydrogens (primary N) is 1. The van der Waals surface area contributed by atoms with E-state index in [2.05, 4.69) is 4.98 Å². The van der Waals surface area contributed by atoms with Crippen LogP contribution in [0.15, 0.2) is 27.8 Å². The zero-order valence-electron chi connectivity index (χ0n) is 15.8. The second-order valence-electron chi connectivity index (χ2n) is 6.37. The largest absolute Gasteiger partial charge is 0.383 e. The van der Waals surface area contributed by atoms with Gasteiger partial charge in [0.1, 0.15) is 5.82 Å². The highest BCUT2D eigenvalue weighted by Gasteiger charge is 2.24. The average Bonchev–Trinajstić information content (AvgIpc) is 2.57. The van der Waals surface area contributed by atoms with Crippen LogP contribution >= 0.6 is 0 Å². The van der Waals surface area contributed by atoms with E-state index in [1.807, 2.05) is 32.9 Å². The molecule has 0 saturated carbocycles. The predicted octanol–water partition coefficient (Wildman–Crippen LogP) is 2.20. The lowest BCUT2D eigenvalue weighted by Crippen LogP contribution is -2.41. The third-order valence-corrected chi connectivity index (χ3v) is 4.39. The molecule has 7 nitrogen and oxygen atoms in total. The number of nitrogens with zero attached hydrogens (tertiary/aromatic N) is 2. The van der Waals surface area contributed by atoms with Crippen LogP contribution in [0.3, 0.4) is 0 Å². The molecule has 0 fully saturated rings. The Morgan fingerprint density at radius 1 is 1.23 bits per heavy atom. The number of amides is 1. The molecule has 1 amide bonds. The lowest BCUT2D eigenvalue weighted by molar-refractivity contribution is 0.0987. The SMILES string of the molecule is CCCCn1c(N)c(N(CC)C(=O)c2ccc(C)cc2C)c(=O)[nH]c1=O. The van der Waals surface area contributed by atoms with Crippen LogP contribution in [0.25, 0.3) is 0 Å². The van der Waals surface area contributed by atoms with Crippen LogP contribution in [0, 0.1) is 13.8 Å². The lowest BCUT2D eigenvalue weighted by Gasteiger charge is -2.24. The molecule has 0 bridgehead atoms. The minimum atomic E-state index is -0.653. The van der Waals surface area contributed by atoms with Crippen LogP contribution in [-0.4, -0.2) is 22.0 Å². The number of H-pyrrole nitrogens is 1. The smallest absolute Gasteiger partial charge is 0.330 e. The maximum atomic E-state index is 13.1. The van der Waals surface area contributed by atoms with Gasteiger partial charge in [-0.3, -0.25) is 19.1 Å². The van der Waals surface area contributed by atoms with Gasteiger partial charge in [0.15, 0.2) is 5.69 Å². The summed E-state index contributed by atoms with van der Waals surface area (Å²) in [7, 11) is 0. The van der Waals surface area contributed by atoms with Gasteiger partial charge in [-0.15, -0.1) is 0 Å². The molecule has 140 valence electrons. The van der Waals surface area contributed by atoms with Crippen LogP contribution in [-0.2, 0) is 6.54 Å². The normalized spacial score (nSPS) is 10.8. The molecular weight excluding hydrogens is 332 g/mol. The highest BCUT2D eigenvalue weighted by Crippen LogP contribution is 2.21. The van der Waals surface area contributed by atoms with E-state index in [4.69, 9.17) is 5.73 Å². The fourth-order valence-corrected chi connectivity index (χ4v) is 2.98. The van der Waals surface area contributed by atoms with Crippen molar-refractivity contribution in [2.24, 2.45) is 0 Å². The van der Waals surface area contributed by atoms with Crippen LogP contribution in [0.2, 0.25) is 0 Å². The van der Waals surface area contributed by atoms with Gasteiger partial charge in [-0.25, -0.2) is 4.79 Å². The van der Waals surface area contributed by atoms with Gasteiger partial charge in [0, 0.05) is 18.7 Å². The van der Waals surface area contributed by atoms with Crippen molar-refractivity contribution in [1.82, 2.24) is 9.55 Å². The van der Waals surface area contributed by atoms with Crippen molar-refractivity contribution in [2.75, 3.05) is 17.2 Å². The van der Waals surface area contributed by atoms with Crippen molar-refractivity contribution in [3.63, 3.8) is 0 Å². The van der Waals surface area contributed by atoms with E-state index in [-0.39, 0.29) is 24.0 Å². The molecule has 0 aliphatic rings. The summed E-state index contributed by atoms with van der Waals surface area (Å²) in [6, 6.07) is 5.51. The maximum Gasteiger partial charge on any atom is 0.330 e. The number of anilines is 2. The summed E-state index contributed by atoms with van der Waals surface area (Å²) < 4.78 is 1.32. The van der Waals surface area contributed by atoms with Crippen molar-refractivity contribution in [2.45, 2.75) is 47.1 Å². The molecule has 1 aromatic carbocycles. The first-order chi connectivity index (χ1) is 12.3. The minimum absolute atomic E-state index is 0.0205. The number of unbranched alkanes of at least 4 members (excludes halogenated alkanes) is 1. The molecule has 0 aliphatic carbocycles. The highest BCUT2D eigenvalue weighted by atomic mass is 16.2. The van der Waals surface area contributed by atoms with Crippen molar-refractivity contribution in [1.29, 1.82) is 0 Å².